The molecule has 92 valence electrons. The molecule has 1 aromatic rings. The molecule has 1 amide bonds. The second-order valence-corrected chi connectivity index (χ2v) is 4.67. The highest BCUT2D eigenvalue weighted by atomic mass is 79.9. The van der Waals surface area contributed by atoms with Crippen LogP contribution in [0, 0.1) is 0 Å². The van der Waals surface area contributed by atoms with Gasteiger partial charge in [-0.2, -0.15) is 0 Å². The fourth-order valence-electron chi connectivity index (χ4n) is 1.64. The Morgan fingerprint density at radius 3 is 3.29 bits per heavy atom. The molecule has 17 heavy (non-hydrogen) atoms. The molecular weight excluding hydrogens is 286 g/mol. The first kappa shape index (κ1) is 12.5. The standard InChI is InChI=1S/C11H14BrN3O2/c12-9-2-1-3-14-11(9)15-10(16)6-8-7-17-5-4-13-8/h1-3,8,13H,4-7H2,(H,14,15,16). The van der Waals surface area contributed by atoms with E-state index in [0.29, 0.717) is 25.5 Å². The van der Waals surface area contributed by atoms with Crippen LogP contribution in [0.3, 0.4) is 0 Å². The van der Waals surface area contributed by atoms with Crippen molar-refractivity contribution >= 4 is 27.7 Å². The van der Waals surface area contributed by atoms with Crippen LogP contribution < -0.4 is 10.6 Å². The number of ether oxygens (including phenoxy) is 1. The minimum absolute atomic E-state index is 0.0626. The number of amides is 1. The predicted molar refractivity (Wildman–Crippen MR) is 67.8 cm³/mol. The first-order valence-corrected chi connectivity index (χ1v) is 6.26. The van der Waals surface area contributed by atoms with Crippen molar-refractivity contribution in [3.63, 3.8) is 0 Å². The van der Waals surface area contributed by atoms with Gasteiger partial charge in [0.15, 0.2) is 0 Å². The number of rotatable bonds is 3. The van der Waals surface area contributed by atoms with Crippen molar-refractivity contribution < 1.29 is 9.53 Å². The summed E-state index contributed by atoms with van der Waals surface area (Å²) < 4.78 is 6.07. The molecule has 1 aliphatic heterocycles. The van der Waals surface area contributed by atoms with Crippen molar-refractivity contribution in [2.45, 2.75) is 12.5 Å². The molecule has 5 nitrogen and oxygen atoms in total. The first-order valence-electron chi connectivity index (χ1n) is 5.47. The molecule has 1 unspecified atom stereocenters. The second kappa shape index (κ2) is 6.09. The van der Waals surface area contributed by atoms with E-state index in [4.69, 9.17) is 4.74 Å². The molecule has 0 spiro atoms. The molecule has 1 atom stereocenters. The molecule has 1 aromatic heterocycles. The lowest BCUT2D eigenvalue weighted by Gasteiger charge is -2.23. The van der Waals surface area contributed by atoms with Gasteiger partial charge in [0.2, 0.25) is 5.91 Å². The van der Waals surface area contributed by atoms with Gasteiger partial charge in [-0.1, -0.05) is 0 Å². The van der Waals surface area contributed by atoms with Crippen LogP contribution in [-0.4, -0.2) is 36.7 Å². The Balaban J connectivity index is 1.86. The molecule has 1 fully saturated rings. The highest BCUT2D eigenvalue weighted by Gasteiger charge is 2.17. The van der Waals surface area contributed by atoms with Crippen LogP contribution in [0.1, 0.15) is 6.42 Å². The number of halogens is 1. The summed E-state index contributed by atoms with van der Waals surface area (Å²) in [4.78, 5) is 15.8. The maximum absolute atomic E-state index is 11.8. The largest absolute Gasteiger partial charge is 0.378 e. The van der Waals surface area contributed by atoms with Gasteiger partial charge in [-0.05, 0) is 28.1 Å². The Labute approximate surface area is 108 Å². The van der Waals surface area contributed by atoms with Crippen molar-refractivity contribution in [1.29, 1.82) is 0 Å². The number of pyridine rings is 1. The van der Waals surface area contributed by atoms with E-state index in [-0.39, 0.29) is 11.9 Å². The van der Waals surface area contributed by atoms with E-state index < -0.39 is 0 Å². The topological polar surface area (TPSA) is 63.2 Å². The van der Waals surface area contributed by atoms with Crippen LogP contribution in [0.15, 0.2) is 22.8 Å². The third kappa shape index (κ3) is 3.76. The van der Waals surface area contributed by atoms with E-state index in [9.17, 15) is 4.79 Å². The number of hydrogen-bond acceptors (Lipinski definition) is 4. The van der Waals surface area contributed by atoms with E-state index in [1.54, 1.807) is 12.3 Å². The maximum Gasteiger partial charge on any atom is 0.227 e. The number of hydrogen-bond donors (Lipinski definition) is 2. The molecule has 1 aliphatic rings. The molecule has 2 N–H and O–H groups in total. The number of aromatic nitrogens is 1. The first-order chi connectivity index (χ1) is 8.25. The van der Waals surface area contributed by atoms with E-state index in [2.05, 4.69) is 31.5 Å². The lowest BCUT2D eigenvalue weighted by atomic mass is 10.2. The van der Waals surface area contributed by atoms with Crippen molar-refractivity contribution in [2.24, 2.45) is 0 Å². The molecule has 2 rings (SSSR count). The Morgan fingerprint density at radius 1 is 1.71 bits per heavy atom. The Hall–Kier alpha value is -0.980. The zero-order valence-electron chi connectivity index (χ0n) is 9.28. The van der Waals surface area contributed by atoms with E-state index in [1.807, 2.05) is 6.07 Å². The highest BCUT2D eigenvalue weighted by Crippen LogP contribution is 2.18. The van der Waals surface area contributed by atoms with E-state index in [0.717, 1.165) is 11.0 Å². The molecular formula is C11H14BrN3O2. The van der Waals surface area contributed by atoms with Gasteiger partial charge in [-0.15, -0.1) is 0 Å². The SMILES string of the molecule is O=C(CC1COCCN1)Nc1ncccc1Br. The minimum Gasteiger partial charge on any atom is -0.378 e. The molecule has 0 saturated carbocycles. The van der Waals surface area contributed by atoms with E-state index >= 15 is 0 Å². The molecule has 2 heterocycles. The van der Waals surface area contributed by atoms with Gasteiger partial charge in [0.05, 0.1) is 17.7 Å². The van der Waals surface area contributed by atoms with Gasteiger partial charge in [-0.25, -0.2) is 4.98 Å². The molecule has 0 aliphatic carbocycles. The summed E-state index contributed by atoms with van der Waals surface area (Å²) in [5.41, 5.74) is 0. The molecule has 0 bridgehead atoms. The van der Waals surface area contributed by atoms with Gasteiger partial charge in [0, 0.05) is 25.2 Å². The van der Waals surface area contributed by atoms with Gasteiger partial charge >= 0.3 is 0 Å². The number of anilines is 1. The summed E-state index contributed by atoms with van der Waals surface area (Å²) >= 11 is 3.33. The zero-order chi connectivity index (χ0) is 12.1. The molecule has 1 saturated heterocycles. The number of morpholine rings is 1. The average Bonchev–Trinajstić information content (AvgIpc) is 2.33. The Kier molecular flexibility index (Phi) is 4.47. The van der Waals surface area contributed by atoms with Crippen LogP contribution >= 0.6 is 15.9 Å². The normalized spacial score (nSPS) is 19.9. The Bertz CT molecular complexity index is 394. The summed E-state index contributed by atoms with van der Waals surface area (Å²) in [5, 5.41) is 6.00. The fraction of sp³-hybridized carbons (Fsp3) is 0.455. The summed E-state index contributed by atoms with van der Waals surface area (Å²) in [6, 6.07) is 3.73. The number of nitrogens with one attached hydrogen (secondary N) is 2. The number of carbonyl (C=O) groups excluding carboxylic acids is 1. The van der Waals surface area contributed by atoms with Crippen molar-refractivity contribution in [3.05, 3.63) is 22.8 Å². The molecule has 0 radical (unpaired) electrons. The second-order valence-electron chi connectivity index (χ2n) is 3.81. The summed E-state index contributed by atoms with van der Waals surface area (Å²) in [6.07, 6.45) is 2.03. The summed E-state index contributed by atoms with van der Waals surface area (Å²) in [6.45, 7) is 2.09. The predicted octanol–water partition coefficient (Wildman–Crippen LogP) is 1.16. The van der Waals surface area contributed by atoms with Crippen LogP contribution in [0.25, 0.3) is 0 Å². The Morgan fingerprint density at radius 2 is 2.59 bits per heavy atom. The lowest BCUT2D eigenvalue weighted by Crippen LogP contribution is -2.43. The van der Waals surface area contributed by atoms with E-state index in [1.165, 1.54) is 0 Å². The maximum atomic E-state index is 11.8. The van der Waals surface area contributed by atoms with Gasteiger partial charge in [0.1, 0.15) is 5.82 Å². The van der Waals surface area contributed by atoms with Crippen molar-refractivity contribution in [1.82, 2.24) is 10.3 Å². The van der Waals surface area contributed by atoms with Gasteiger partial charge in [0.25, 0.3) is 0 Å². The summed E-state index contributed by atoms with van der Waals surface area (Å²) in [7, 11) is 0. The lowest BCUT2D eigenvalue weighted by molar-refractivity contribution is -0.117. The highest BCUT2D eigenvalue weighted by molar-refractivity contribution is 9.10. The van der Waals surface area contributed by atoms with Crippen LogP contribution in [0.4, 0.5) is 5.82 Å². The number of nitrogens with zero attached hydrogens (tertiary/aromatic N) is 1. The smallest absolute Gasteiger partial charge is 0.227 e. The van der Waals surface area contributed by atoms with Gasteiger partial charge < -0.3 is 15.4 Å². The fourth-order valence-corrected chi connectivity index (χ4v) is 1.99. The third-order valence-electron chi connectivity index (χ3n) is 2.45. The average molecular weight is 300 g/mol. The quantitative estimate of drug-likeness (QED) is 0.879. The van der Waals surface area contributed by atoms with Crippen LogP contribution in [-0.2, 0) is 9.53 Å². The van der Waals surface area contributed by atoms with Crippen molar-refractivity contribution in [3.8, 4) is 0 Å². The van der Waals surface area contributed by atoms with Crippen LogP contribution in [0.2, 0.25) is 0 Å². The van der Waals surface area contributed by atoms with Crippen LogP contribution in [0.5, 0.6) is 0 Å². The van der Waals surface area contributed by atoms with Gasteiger partial charge in [-0.3, -0.25) is 4.79 Å². The minimum atomic E-state index is -0.0626. The molecule has 0 aromatic carbocycles. The third-order valence-corrected chi connectivity index (χ3v) is 3.09. The molecule has 6 heteroatoms. The van der Waals surface area contributed by atoms with Crippen molar-refractivity contribution in [2.75, 3.05) is 25.1 Å². The monoisotopic (exact) mass is 299 g/mol. The number of carbonyl (C=O) groups is 1. The summed E-state index contributed by atoms with van der Waals surface area (Å²) in [5.74, 6) is 0.488. The zero-order valence-corrected chi connectivity index (χ0v) is 10.9.